The summed E-state index contributed by atoms with van der Waals surface area (Å²) in [6.45, 7) is 2.25. The highest BCUT2D eigenvalue weighted by Gasteiger charge is 2.11. The van der Waals surface area contributed by atoms with E-state index in [0.29, 0.717) is 12.0 Å². The molecular weight excluding hydrogens is 350 g/mol. The molecule has 0 aromatic heterocycles. The molecule has 0 saturated heterocycles. The Morgan fingerprint density at radius 2 is 1.54 bits per heavy atom. The van der Waals surface area contributed by atoms with E-state index in [2.05, 4.69) is 25.1 Å². The van der Waals surface area contributed by atoms with Crippen LogP contribution < -0.4 is 0 Å². The molecule has 0 saturated carbocycles. The number of nitro groups is 1. The van der Waals surface area contributed by atoms with Gasteiger partial charge >= 0.3 is 0 Å². The number of Topliss-reactive ketones (excluding diaryl/α,β-unsaturated/α-hetero) is 1. The molecule has 0 aliphatic carbocycles. The number of hydrogen-bond acceptors (Lipinski definition) is 3. The Labute approximate surface area is 170 Å². The van der Waals surface area contributed by atoms with Crippen LogP contribution in [0, 0.1) is 16.2 Å². The van der Waals surface area contributed by atoms with Gasteiger partial charge in [0.05, 0.1) is 4.92 Å². The van der Waals surface area contributed by atoms with Gasteiger partial charge in [-0.1, -0.05) is 70.4 Å². The summed E-state index contributed by atoms with van der Waals surface area (Å²) in [6, 6.07) is 6.93. The highest BCUT2D eigenvalue weighted by atomic mass is 16.6. The van der Waals surface area contributed by atoms with Crippen molar-refractivity contribution in [3.63, 3.8) is 0 Å². The van der Waals surface area contributed by atoms with Crippen molar-refractivity contribution in [2.75, 3.05) is 0 Å². The van der Waals surface area contributed by atoms with E-state index in [1.165, 1.54) is 76.0 Å². The van der Waals surface area contributed by atoms with Crippen LogP contribution in [0.3, 0.4) is 0 Å². The van der Waals surface area contributed by atoms with Crippen molar-refractivity contribution < 1.29 is 9.72 Å². The number of nitrogens with zero attached hydrogens (tertiary/aromatic N) is 1. The van der Waals surface area contributed by atoms with Gasteiger partial charge in [-0.25, -0.2) is 0 Å². The number of benzene rings is 1. The number of ketones is 1. The predicted octanol–water partition coefficient (Wildman–Crippen LogP) is 7.62. The lowest BCUT2D eigenvalue weighted by Crippen LogP contribution is -2.00. The lowest BCUT2D eigenvalue weighted by Gasteiger charge is -2.02. The second-order valence-electron chi connectivity index (χ2n) is 7.48. The summed E-state index contributed by atoms with van der Waals surface area (Å²) in [5.74, 6) is -0.0543. The van der Waals surface area contributed by atoms with Crippen molar-refractivity contribution in [3.05, 3.63) is 52.1 Å². The molecule has 4 heteroatoms. The maximum Gasteiger partial charge on any atom is 0.270 e. The molecule has 155 valence electrons. The number of carbonyl (C=O) groups is 1. The first-order chi connectivity index (χ1) is 13.6. The molecule has 0 fully saturated rings. The molecule has 1 radical (unpaired) electrons. The van der Waals surface area contributed by atoms with E-state index < -0.39 is 4.92 Å². The van der Waals surface area contributed by atoms with E-state index in [4.69, 9.17) is 0 Å². The van der Waals surface area contributed by atoms with Gasteiger partial charge in [0, 0.05) is 24.1 Å². The number of rotatable bonds is 17. The van der Waals surface area contributed by atoms with Gasteiger partial charge in [-0.3, -0.25) is 14.9 Å². The fourth-order valence-electron chi connectivity index (χ4n) is 3.22. The SMILES string of the molecule is CCCCCCCC/C=C\CCCCCCCC(=O)c1[c]ccc([N+](=O)[O-])c1. The first-order valence-electron chi connectivity index (χ1n) is 11.0. The van der Waals surface area contributed by atoms with Gasteiger partial charge in [0.1, 0.15) is 0 Å². The van der Waals surface area contributed by atoms with Gasteiger partial charge in [-0.15, -0.1) is 0 Å². The zero-order valence-electron chi connectivity index (χ0n) is 17.5. The number of allylic oxidation sites excluding steroid dienone is 2. The lowest BCUT2D eigenvalue weighted by atomic mass is 10.0. The highest BCUT2D eigenvalue weighted by molar-refractivity contribution is 5.96. The van der Waals surface area contributed by atoms with Crippen LogP contribution in [0.5, 0.6) is 0 Å². The van der Waals surface area contributed by atoms with E-state index in [1.807, 2.05) is 0 Å². The van der Waals surface area contributed by atoms with Gasteiger partial charge in [0.2, 0.25) is 0 Å². The number of carbonyl (C=O) groups excluding carboxylic acids is 1. The van der Waals surface area contributed by atoms with Crippen LogP contribution in [0.25, 0.3) is 0 Å². The Bertz CT molecular complexity index is 595. The van der Waals surface area contributed by atoms with Crippen LogP contribution in [-0.4, -0.2) is 10.7 Å². The minimum Gasteiger partial charge on any atom is -0.294 e. The quantitative estimate of drug-likeness (QED) is 0.0909. The zero-order chi connectivity index (χ0) is 20.5. The second-order valence-corrected chi connectivity index (χ2v) is 7.48. The fraction of sp³-hybridized carbons (Fsp3) is 0.625. The van der Waals surface area contributed by atoms with Crippen molar-refractivity contribution >= 4 is 11.5 Å². The summed E-state index contributed by atoms with van der Waals surface area (Å²) in [6.07, 6.45) is 21.0. The summed E-state index contributed by atoms with van der Waals surface area (Å²) in [4.78, 5) is 22.4. The first kappa shape index (κ1) is 24.1. The molecule has 0 aliphatic heterocycles. The Balaban J connectivity index is 1.97. The van der Waals surface area contributed by atoms with E-state index in [-0.39, 0.29) is 11.5 Å². The molecule has 1 aromatic rings. The summed E-state index contributed by atoms with van der Waals surface area (Å²) >= 11 is 0. The van der Waals surface area contributed by atoms with Gasteiger partial charge in [-0.05, 0) is 44.2 Å². The Morgan fingerprint density at radius 1 is 0.964 bits per heavy atom. The zero-order valence-corrected chi connectivity index (χ0v) is 17.5. The average Bonchev–Trinajstić information content (AvgIpc) is 2.70. The highest BCUT2D eigenvalue weighted by Crippen LogP contribution is 2.16. The van der Waals surface area contributed by atoms with Crippen molar-refractivity contribution in [1.82, 2.24) is 0 Å². The molecule has 0 N–H and O–H groups in total. The van der Waals surface area contributed by atoms with Gasteiger partial charge in [0.25, 0.3) is 5.69 Å². The summed E-state index contributed by atoms with van der Waals surface area (Å²) in [5.41, 5.74) is 0.274. The number of non-ortho nitro benzene ring substituents is 1. The topological polar surface area (TPSA) is 60.2 Å². The average molecular weight is 387 g/mol. The lowest BCUT2D eigenvalue weighted by molar-refractivity contribution is -0.384. The third-order valence-electron chi connectivity index (χ3n) is 4.96. The normalized spacial score (nSPS) is 11.2. The molecule has 0 atom stereocenters. The van der Waals surface area contributed by atoms with Crippen LogP contribution in [-0.2, 0) is 0 Å². The van der Waals surface area contributed by atoms with Gasteiger partial charge < -0.3 is 0 Å². The maximum absolute atomic E-state index is 12.1. The molecule has 1 aromatic carbocycles. The first-order valence-corrected chi connectivity index (χ1v) is 11.0. The molecule has 0 spiro atoms. The molecule has 0 amide bonds. The smallest absolute Gasteiger partial charge is 0.270 e. The Morgan fingerprint density at radius 3 is 2.14 bits per heavy atom. The van der Waals surface area contributed by atoms with Crippen LogP contribution in [0.1, 0.15) is 107 Å². The molecule has 0 unspecified atom stereocenters. The molecular formula is C24H36NO3. The Kier molecular flexibility index (Phi) is 13.8. The van der Waals surface area contributed by atoms with Gasteiger partial charge in [0.15, 0.2) is 5.78 Å². The minimum absolute atomic E-state index is 0.0494. The maximum atomic E-state index is 12.1. The standard InChI is InChI=1S/C24H36NO3/c1-2-3-4-5-6-7-8-9-10-11-12-13-14-15-16-20-24(26)22-18-17-19-23(21-22)25(27)28/h9-10,17,19,21H,2-8,11-16,20H2,1H3/b10-9-. The van der Waals surface area contributed by atoms with Crippen LogP contribution in [0.4, 0.5) is 5.69 Å². The van der Waals surface area contributed by atoms with Crippen LogP contribution >= 0.6 is 0 Å². The fourth-order valence-corrected chi connectivity index (χ4v) is 3.22. The third-order valence-corrected chi connectivity index (χ3v) is 4.96. The van der Waals surface area contributed by atoms with Crippen LogP contribution in [0.2, 0.25) is 0 Å². The van der Waals surface area contributed by atoms with E-state index >= 15 is 0 Å². The third kappa shape index (κ3) is 11.7. The van der Waals surface area contributed by atoms with Crippen molar-refractivity contribution in [2.45, 2.75) is 96.8 Å². The molecule has 4 nitrogen and oxygen atoms in total. The predicted molar refractivity (Wildman–Crippen MR) is 116 cm³/mol. The van der Waals surface area contributed by atoms with Crippen LogP contribution in [0.15, 0.2) is 30.4 Å². The molecule has 0 aliphatic rings. The largest absolute Gasteiger partial charge is 0.294 e. The summed E-state index contributed by atoms with van der Waals surface area (Å²) in [7, 11) is 0. The molecule has 0 heterocycles. The van der Waals surface area contributed by atoms with E-state index in [1.54, 1.807) is 0 Å². The van der Waals surface area contributed by atoms with Crippen molar-refractivity contribution in [2.24, 2.45) is 0 Å². The number of nitro benzene ring substituents is 1. The van der Waals surface area contributed by atoms with Crippen molar-refractivity contribution in [1.29, 1.82) is 0 Å². The molecule has 1 rings (SSSR count). The minimum atomic E-state index is -0.479. The monoisotopic (exact) mass is 386 g/mol. The second kappa shape index (κ2) is 16.0. The van der Waals surface area contributed by atoms with Gasteiger partial charge in [-0.2, -0.15) is 0 Å². The molecule has 28 heavy (non-hydrogen) atoms. The van der Waals surface area contributed by atoms with Crippen molar-refractivity contribution in [3.8, 4) is 0 Å². The van der Waals surface area contributed by atoms with E-state index in [0.717, 1.165) is 25.7 Å². The summed E-state index contributed by atoms with van der Waals surface area (Å²) < 4.78 is 0. The number of unbranched alkanes of at least 4 members (excludes halogenated alkanes) is 11. The van der Waals surface area contributed by atoms with E-state index in [9.17, 15) is 14.9 Å². The summed E-state index contributed by atoms with van der Waals surface area (Å²) in [5, 5.41) is 10.8. The number of hydrogen-bond donors (Lipinski definition) is 0. The molecule has 0 bridgehead atoms. The Hall–Kier alpha value is -1.97.